The Bertz CT molecular complexity index is 923. The van der Waals surface area contributed by atoms with Gasteiger partial charge < -0.3 is 9.64 Å². The lowest BCUT2D eigenvalue weighted by Crippen LogP contribution is -2.31. The molecule has 0 saturated carbocycles. The van der Waals surface area contributed by atoms with Crippen LogP contribution < -0.4 is 4.72 Å². The molecule has 7 nitrogen and oxygen atoms in total. The molecule has 0 saturated heterocycles. The zero-order valence-electron chi connectivity index (χ0n) is 16.2. The van der Waals surface area contributed by atoms with Gasteiger partial charge in [0.2, 0.25) is 16.1 Å². The third-order valence-electron chi connectivity index (χ3n) is 3.78. The van der Waals surface area contributed by atoms with Crippen LogP contribution in [0.2, 0.25) is 0 Å². The second-order valence-electron chi connectivity index (χ2n) is 6.73. The number of nitrogens with zero attached hydrogens (tertiary/aromatic N) is 1. The maximum Gasteiger partial charge on any atom is 0.339 e. The lowest BCUT2D eigenvalue weighted by atomic mass is 10.1. The first-order chi connectivity index (χ1) is 13.1. The fourth-order valence-corrected chi connectivity index (χ4v) is 3.70. The van der Waals surface area contributed by atoms with Gasteiger partial charge in [0.05, 0.1) is 10.5 Å². The van der Waals surface area contributed by atoms with Crippen molar-refractivity contribution in [2.45, 2.75) is 30.9 Å². The molecule has 0 aliphatic heterocycles. The number of ether oxygens (including phenoxy) is 1. The van der Waals surface area contributed by atoms with E-state index < -0.39 is 22.1 Å². The van der Waals surface area contributed by atoms with Gasteiger partial charge in [-0.2, -0.15) is 0 Å². The highest BCUT2D eigenvalue weighted by atomic mass is 32.2. The largest absolute Gasteiger partial charge is 0.444 e. The van der Waals surface area contributed by atoms with E-state index in [1.165, 1.54) is 29.2 Å². The number of amides is 1. The van der Waals surface area contributed by atoms with E-state index in [0.29, 0.717) is 5.56 Å². The molecule has 28 heavy (non-hydrogen) atoms. The standard InChI is InChI=1S/C20H24N2O5S/c1-14(2)21-28(25,26)17-12-10-16(11-13-17)20(24)27-18(19(23)22(3)4)15-8-6-5-7-9-15/h5-14,18,21H,1-4H3. The summed E-state index contributed by atoms with van der Waals surface area (Å²) in [5.41, 5.74) is 0.700. The second-order valence-corrected chi connectivity index (χ2v) is 8.44. The summed E-state index contributed by atoms with van der Waals surface area (Å²) in [6.07, 6.45) is -1.09. The number of rotatable bonds is 7. The summed E-state index contributed by atoms with van der Waals surface area (Å²) < 4.78 is 32.3. The number of esters is 1. The van der Waals surface area contributed by atoms with Crippen molar-refractivity contribution in [2.24, 2.45) is 0 Å². The molecule has 2 rings (SSSR count). The van der Waals surface area contributed by atoms with Gasteiger partial charge in [0.15, 0.2) is 0 Å². The molecule has 8 heteroatoms. The van der Waals surface area contributed by atoms with Crippen molar-refractivity contribution in [3.8, 4) is 0 Å². The maximum atomic E-state index is 12.5. The average Bonchev–Trinajstić information content (AvgIpc) is 2.65. The van der Waals surface area contributed by atoms with Crippen molar-refractivity contribution < 1.29 is 22.7 Å². The quantitative estimate of drug-likeness (QED) is 0.715. The lowest BCUT2D eigenvalue weighted by molar-refractivity contribution is -0.138. The molecule has 0 bridgehead atoms. The van der Waals surface area contributed by atoms with Crippen LogP contribution in [0.5, 0.6) is 0 Å². The Labute approximate surface area is 165 Å². The fourth-order valence-electron chi connectivity index (χ4n) is 2.45. The molecule has 1 unspecified atom stereocenters. The number of sulfonamides is 1. The van der Waals surface area contributed by atoms with Gasteiger partial charge in [-0.3, -0.25) is 4.79 Å². The van der Waals surface area contributed by atoms with Crippen LogP contribution in [0.4, 0.5) is 0 Å². The van der Waals surface area contributed by atoms with Crippen LogP contribution in [0.3, 0.4) is 0 Å². The maximum absolute atomic E-state index is 12.5. The number of carbonyl (C=O) groups excluding carboxylic acids is 2. The van der Waals surface area contributed by atoms with E-state index >= 15 is 0 Å². The Balaban J connectivity index is 2.23. The minimum Gasteiger partial charge on any atom is -0.444 e. The molecule has 0 aliphatic carbocycles. The van der Waals surface area contributed by atoms with E-state index in [-0.39, 0.29) is 22.4 Å². The summed E-state index contributed by atoms with van der Waals surface area (Å²) in [5.74, 6) is -1.09. The lowest BCUT2D eigenvalue weighted by Gasteiger charge is -2.21. The zero-order valence-corrected chi connectivity index (χ0v) is 17.1. The van der Waals surface area contributed by atoms with E-state index in [2.05, 4.69) is 4.72 Å². The van der Waals surface area contributed by atoms with E-state index in [4.69, 9.17) is 4.74 Å². The minimum atomic E-state index is -3.66. The predicted octanol–water partition coefficient (Wildman–Crippen LogP) is 2.36. The molecule has 2 aromatic carbocycles. The van der Waals surface area contributed by atoms with Crippen molar-refractivity contribution in [1.82, 2.24) is 9.62 Å². The van der Waals surface area contributed by atoms with Crippen LogP contribution in [-0.2, 0) is 19.6 Å². The third-order valence-corrected chi connectivity index (χ3v) is 5.46. The molecule has 0 aliphatic rings. The van der Waals surface area contributed by atoms with Gasteiger partial charge in [0.1, 0.15) is 0 Å². The van der Waals surface area contributed by atoms with E-state index in [0.717, 1.165) is 0 Å². The first kappa shape index (κ1) is 21.6. The van der Waals surface area contributed by atoms with Crippen LogP contribution in [0.1, 0.15) is 35.9 Å². The molecular formula is C20H24N2O5S. The normalized spacial score (nSPS) is 12.5. The molecule has 1 amide bonds. The Morgan fingerprint density at radius 3 is 2.04 bits per heavy atom. The number of hydrogen-bond donors (Lipinski definition) is 1. The molecule has 0 fully saturated rings. The number of carbonyl (C=O) groups is 2. The van der Waals surface area contributed by atoms with Crippen molar-refractivity contribution in [3.63, 3.8) is 0 Å². The number of likely N-dealkylation sites (N-methyl/N-ethyl adjacent to an activating group) is 1. The molecule has 1 N–H and O–H groups in total. The van der Waals surface area contributed by atoms with E-state index in [9.17, 15) is 18.0 Å². The van der Waals surface area contributed by atoms with Crippen LogP contribution >= 0.6 is 0 Å². The van der Waals surface area contributed by atoms with Gasteiger partial charge in [0.25, 0.3) is 5.91 Å². The highest BCUT2D eigenvalue weighted by molar-refractivity contribution is 7.89. The van der Waals surface area contributed by atoms with Crippen molar-refractivity contribution >= 4 is 21.9 Å². The Hall–Kier alpha value is -2.71. The smallest absolute Gasteiger partial charge is 0.339 e. The Morgan fingerprint density at radius 2 is 1.54 bits per heavy atom. The molecule has 0 heterocycles. The topological polar surface area (TPSA) is 92.8 Å². The summed E-state index contributed by atoms with van der Waals surface area (Å²) in [6, 6.07) is 13.8. The van der Waals surface area contributed by atoms with Gasteiger partial charge in [-0.15, -0.1) is 0 Å². The van der Waals surface area contributed by atoms with Gasteiger partial charge in [-0.05, 0) is 38.1 Å². The number of hydrogen-bond acceptors (Lipinski definition) is 5. The molecular weight excluding hydrogens is 380 g/mol. The minimum absolute atomic E-state index is 0.0433. The molecule has 2 aromatic rings. The zero-order chi connectivity index (χ0) is 20.9. The molecule has 0 spiro atoms. The molecule has 0 radical (unpaired) electrons. The van der Waals surface area contributed by atoms with Gasteiger partial charge in [-0.25, -0.2) is 17.9 Å². The highest BCUT2D eigenvalue weighted by Gasteiger charge is 2.27. The Kier molecular flexibility index (Phi) is 6.93. The van der Waals surface area contributed by atoms with Crippen molar-refractivity contribution in [3.05, 3.63) is 65.7 Å². The van der Waals surface area contributed by atoms with E-state index in [1.54, 1.807) is 58.3 Å². The van der Waals surface area contributed by atoms with E-state index in [1.807, 2.05) is 0 Å². The van der Waals surface area contributed by atoms with Crippen LogP contribution in [-0.4, -0.2) is 45.3 Å². The summed E-state index contributed by atoms with van der Waals surface area (Å²) in [5, 5.41) is 0. The summed E-state index contributed by atoms with van der Waals surface area (Å²) >= 11 is 0. The van der Waals surface area contributed by atoms with Gasteiger partial charge in [0, 0.05) is 25.7 Å². The van der Waals surface area contributed by atoms with Gasteiger partial charge >= 0.3 is 5.97 Å². The summed E-state index contributed by atoms with van der Waals surface area (Å²) in [6.45, 7) is 3.43. The number of benzene rings is 2. The first-order valence-corrected chi connectivity index (χ1v) is 10.2. The predicted molar refractivity (Wildman–Crippen MR) is 105 cm³/mol. The second kappa shape index (κ2) is 8.99. The number of nitrogens with one attached hydrogen (secondary N) is 1. The molecule has 0 aromatic heterocycles. The fraction of sp³-hybridized carbons (Fsp3) is 0.300. The Morgan fingerprint density at radius 1 is 0.964 bits per heavy atom. The summed E-state index contributed by atoms with van der Waals surface area (Å²) in [4.78, 5) is 26.4. The van der Waals surface area contributed by atoms with Crippen molar-refractivity contribution in [2.75, 3.05) is 14.1 Å². The van der Waals surface area contributed by atoms with Gasteiger partial charge in [-0.1, -0.05) is 30.3 Å². The molecule has 150 valence electrons. The third kappa shape index (κ3) is 5.40. The van der Waals surface area contributed by atoms with Crippen molar-refractivity contribution in [1.29, 1.82) is 0 Å². The summed E-state index contributed by atoms with van der Waals surface area (Å²) in [7, 11) is -0.502. The van der Waals surface area contributed by atoms with Crippen LogP contribution in [0.25, 0.3) is 0 Å². The average molecular weight is 404 g/mol. The van der Waals surface area contributed by atoms with Crippen LogP contribution in [0, 0.1) is 0 Å². The SMILES string of the molecule is CC(C)NS(=O)(=O)c1ccc(C(=O)OC(C(=O)N(C)C)c2ccccc2)cc1. The van der Waals surface area contributed by atoms with Crippen LogP contribution in [0.15, 0.2) is 59.5 Å². The highest BCUT2D eigenvalue weighted by Crippen LogP contribution is 2.22. The monoisotopic (exact) mass is 404 g/mol. The molecule has 1 atom stereocenters. The first-order valence-electron chi connectivity index (χ1n) is 8.71.